The molecule has 0 amide bonds. The molecule has 4 nitrogen and oxygen atoms in total. The molecule has 28 heavy (non-hydrogen) atoms. The highest BCUT2D eigenvalue weighted by Gasteiger charge is 2.37. The molecule has 3 rings (SSSR count). The Morgan fingerprint density at radius 2 is 1.68 bits per heavy atom. The fourth-order valence-corrected chi connectivity index (χ4v) is 2.98. The molecule has 1 heterocycles. The predicted octanol–water partition coefficient (Wildman–Crippen LogP) is 4.79. The van der Waals surface area contributed by atoms with Gasteiger partial charge in [0, 0.05) is 0 Å². The second-order valence-corrected chi connectivity index (χ2v) is 7.77. The SMILES string of the molecule is CC(C)(C)c1ccc(OC[C@@H](O)Cn2c(C(F)(F)F)nc3ccccc32)cc1. The summed E-state index contributed by atoms with van der Waals surface area (Å²) in [7, 11) is 0. The molecule has 7 heteroatoms. The molecule has 0 aliphatic carbocycles. The average molecular weight is 392 g/mol. The van der Waals surface area contributed by atoms with Gasteiger partial charge in [-0.1, -0.05) is 45.0 Å². The topological polar surface area (TPSA) is 47.3 Å². The van der Waals surface area contributed by atoms with Crippen molar-refractivity contribution in [3.63, 3.8) is 0 Å². The first kappa shape index (κ1) is 20.2. The van der Waals surface area contributed by atoms with E-state index in [1.165, 1.54) is 6.07 Å². The van der Waals surface area contributed by atoms with Gasteiger partial charge in [-0.05, 0) is 35.2 Å². The Morgan fingerprint density at radius 3 is 2.29 bits per heavy atom. The van der Waals surface area contributed by atoms with E-state index in [0.717, 1.165) is 10.1 Å². The Bertz CT molecular complexity index is 941. The Morgan fingerprint density at radius 1 is 1.04 bits per heavy atom. The molecule has 150 valence electrons. The third kappa shape index (κ3) is 4.47. The van der Waals surface area contributed by atoms with Gasteiger partial charge in [-0.2, -0.15) is 13.2 Å². The van der Waals surface area contributed by atoms with E-state index in [0.29, 0.717) is 11.3 Å². The minimum Gasteiger partial charge on any atom is -0.491 e. The van der Waals surface area contributed by atoms with Crippen molar-refractivity contribution >= 4 is 11.0 Å². The van der Waals surface area contributed by atoms with Gasteiger partial charge in [0.2, 0.25) is 5.82 Å². The number of aliphatic hydroxyl groups excluding tert-OH is 1. The molecule has 0 aliphatic rings. The molecule has 1 atom stereocenters. The molecule has 0 fully saturated rings. The summed E-state index contributed by atoms with van der Waals surface area (Å²) in [6.07, 6.45) is -5.73. The number of aliphatic hydroxyl groups is 1. The zero-order chi connectivity index (χ0) is 20.5. The minimum absolute atomic E-state index is 0.00845. The van der Waals surface area contributed by atoms with Crippen molar-refractivity contribution in [2.24, 2.45) is 0 Å². The molecule has 0 spiro atoms. The van der Waals surface area contributed by atoms with E-state index >= 15 is 0 Å². The van der Waals surface area contributed by atoms with E-state index in [1.54, 1.807) is 30.3 Å². The monoisotopic (exact) mass is 392 g/mol. The molecule has 0 saturated carbocycles. The van der Waals surface area contributed by atoms with Crippen LogP contribution in [0.15, 0.2) is 48.5 Å². The highest BCUT2D eigenvalue weighted by atomic mass is 19.4. The summed E-state index contributed by atoms with van der Waals surface area (Å²) in [6, 6.07) is 13.8. The van der Waals surface area contributed by atoms with E-state index in [4.69, 9.17) is 4.74 Å². The van der Waals surface area contributed by atoms with Crippen LogP contribution < -0.4 is 4.74 Å². The van der Waals surface area contributed by atoms with Gasteiger partial charge in [-0.3, -0.25) is 0 Å². The summed E-state index contributed by atoms with van der Waals surface area (Å²) in [6.45, 7) is 5.90. The number of para-hydroxylation sites is 2. The van der Waals surface area contributed by atoms with Crippen molar-refractivity contribution in [1.29, 1.82) is 0 Å². The van der Waals surface area contributed by atoms with E-state index < -0.39 is 18.1 Å². The number of hydrogen-bond acceptors (Lipinski definition) is 3. The first-order valence-corrected chi connectivity index (χ1v) is 8.99. The molecule has 0 radical (unpaired) electrons. The van der Waals surface area contributed by atoms with Crippen molar-refractivity contribution in [2.75, 3.05) is 6.61 Å². The first-order valence-electron chi connectivity index (χ1n) is 8.99. The Kier molecular flexibility index (Phi) is 5.39. The van der Waals surface area contributed by atoms with Gasteiger partial charge < -0.3 is 14.4 Å². The summed E-state index contributed by atoms with van der Waals surface area (Å²) in [5.41, 5.74) is 1.71. The van der Waals surface area contributed by atoms with E-state index in [-0.39, 0.29) is 24.1 Å². The molecule has 3 aromatic rings. The Balaban J connectivity index is 1.72. The molecule has 0 aliphatic heterocycles. The summed E-state index contributed by atoms with van der Waals surface area (Å²) in [5.74, 6) is -0.471. The standard InChI is InChI=1S/C21H23F3N2O2/c1-20(2,3)14-8-10-16(11-9-14)28-13-15(27)12-26-18-7-5-4-6-17(18)25-19(26)21(22,23)24/h4-11,15,27H,12-13H2,1-3H3/t15-/m0/s1. The summed E-state index contributed by atoms with van der Waals surface area (Å²) in [5, 5.41) is 10.3. The van der Waals surface area contributed by atoms with Gasteiger partial charge in [0.1, 0.15) is 18.5 Å². The first-order chi connectivity index (χ1) is 13.1. The van der Waals surface area contributed by atoms with Crippen molar-refractivity contribution in [1.82, 2.24) is 9.55 Å². The highest BCUT2D eigenvalue weighted by Crippen LogP contribution is 2.31. The maximum absolute atomic E-state index is 13.3. The van der Waals surface area contributed by atoms with Crippen LogP contribution in [0.1, 0.15) is 32.2 Å². The lowest BCUT2D eigenvalue weighted by Gasteiger charge is -2.20. The number of nitrogens with zero attached hydrogens (tertiary/aromatic N) is 2. The zero-order valence-electron chi connectivity index (χ0n) is 16.0. The van der Waals surface area contributed by atoms with Crippen LogP contribution in [0.4, 0.5) is 13.2 Å². The number of imidazole rings is 1. The van der Waals surface area contributed by atoms with Gasteiger partial charge >= 0.3 is 6.18 Å². The largest absolute Gasteiger partial charge is 0.491 e. The highest BCUT2D eigenvalue weighted by molar-refractivity contribution is 5.76. The number of hydrogen-bond donors (Lipinski definition) is 1. The van der Waals surface area contributed by atoms with Crippen molar-refractivity contribution < 1.29 is 23.0 Å². The van der Waals surface area contributed by atoms with Gasteiger partial charge in [0.15, 0.2) is 0 Å². The summed E-state index contributed by atoms with van der Waals surface area (Å²) >= 11 is 0. The van der Waals surface area contributed by atoms with Gasteiger partial charge in [0.25, 0.3) is 0 Å². The van der Waals surface area contributed by atoms with Crippen LogP contribution in [0, 0.1) is 0 Å². The third-order valence-electron chi connectivity index (χ3n) is 4.46. The van der Waals surface area contributed by atoms with Gasteiger partial charge in [0.05, 0.1) is 17.6 Å². The second-order valence-electron chi connectivity index (χ2n) is 7.77. The maximum atomic E-state index is 13.3. The molecular weight excluding hydrogens is 369 g/mol. The van der Waals surface area contributed by atoms with E-state index in [2.05, 4.69) is 25.8 Å². The van der Waals surface area contributed by atoms with E-state index in [9.17, 15) is 18.3 Å². The third-order valence-corrected chi connectivity index (χ3v) is 4.46. The number of benzene rings is 2. The number of alkyl halides is 3. The minimum atomic E-state index is -4.61. The van der Waals surface area contributed by atoms with Crippen LogP contribution in [0.3, 0.4) is 0 Å². The van der Waals surface area contributed by atoms with Gasteiger partial charge in [-0.15, -0.1) is 0 Å². The predicted molar refractivity (Wildman–Crippen MR) is 101 cm³/mol. The Hall–Kier alpha value is -2.54. The van der Waals surface area contributed by atoms with E-state index in [1.807, 2.05) is 12.1 Å². The molecule has 1 N–H and O–H groups in total. The molecular formula is C21H23F3N2O2. The quantitative estimate of drug-likeness (QED) is 0.679. The van der Waals surface area contributed by atoms with Crippen LogP contribution in [-0.4, -0.2) is 27.4 Å². The Labute approximate surface area is 161 Å². The molecule has 0 unspecified atom stereocenters. The van der Waals surface area contributed by atoms with Crippen molar-refractivity contribution in [2.45, 2.75) is 45.0 Å². The van der Waals surface area contributed by atoms with Crippen LogP contribution in [0.5, 0.6) is 5.75 Å². The maximum Gasteiger partial charge on any atom is 0.449 e. The van der Waals surface area contributed by atoms with Crippen LogP contribution in [0.2, 0.25) is 0 Å². The van der Waals surface area contributed by atoms with Gasteiger partial charge in [-0.25, -0.2) is 4.98 Å². The average Bonchev–Trinajstić information content (AvgIpc) is 2.99. The summed E-state index contributed by atoms with van der Waals surface area (Å²) in [4.78, 5) is 3.67. The number of halogens is 3. The van der Waals surface area contributed by atoms with Crippen LogP contribution in [0.25, 0.3) is 11.0 Å². The zero-order valence-corrected chi connectivity index (χ0v) is 16.0. The summed E-state index contributed by atoms with van der Waals surface area (Å²) < 4.78 is 46.5. The fraction of sp³-hybridized carbons (Fsp3) is 0.381. The lowest BCUT2D eigenvalue weighted by Crippen LogP contribution is -2.26. The molecule has 2 aromatic carbocycles. The molecule has 1 aromatic heterocycles. The number of rotatable bonds is 5. The molecule has 0 saturated heterocycles. The number of aromatic nitrogens is 2. The second kappa shape index (κ2) is 7.47. The van der Waals surface area contributed by atoms with Crippen LogP contribution >= 0.6 is 0 Å². The normalized spacial score (nSPS) is 13.7. The fourth-order valence-electron chi connectivity index (χ4n) is 2.98. The van der Waals surface area contributed by atoms with Crippen LogP contribution in [-0.2, 0) is 18.1 Å². The lowest BCUT2D eigenvalue weighted by atomic mass is 9.87. The van der Waals surface area contributed by atoms with Crippen molar-refractivity contribution in [3.8, 4) is 5.75 Å². The molecule has 0 bridgehead atoms. The number of ether oxygens (including phenoxy) is 1. The van der Waals surface area contributed by atoms with Crippen molar-refractivity contribution in [3.05, 3.63) is 59.9 Å². The number of fused-ring (bicyclic) bond motifs is 1. The smallest absolute Gasteiger partial charge is 0.449 e. The lowest BCUT2D eigenvalue weighted by molar-refractivity contribution is -0.147.